The molecule has 0 aliphatic heterocycles. The van der Waals surface area contributed by atoms with Crippen LogP contribution in [0.2, 0.25) is 0 Å². The molecule has 0 aromatic carbocycles. The average Bonchev–Trinajstić information content (AvgIpc) is 2.14. The van der Waals surface area contributed by atoms with E-state index < -0.39 is 0 Å². The first kappa shape index (κ1) is 11.9. The first-order valence-electron chi connectivity index (χ1n) is 5.25. The molecule has 0 saturated heterocycles. The van der Waals surface area contributed by atoms with E-state index in [4.69, 9.17) is 19.9 Å². The van der Waals surface area contributed by atoms with Gasteiger partial charge in [0.2, 0.25) is 0 Å². The van der Waals surface area contributed by atoms with Crippen LogP contribution in [0.15, 0.2) is 0 Å². The molecule has 0 aromatic heterocycles. The van der Waals surface area contributed by atoms with Crippen LogP contribution in [0.25, 0.3) is 0 Å². The number of hydrogen-bond donors (Lipinski definition) is 1. The van der Waals surface area contributed by atoms with E-state index in [0.717, 1.165) is 19.4 Å². The third-order valence-corrected chi connectivity index (χ3v) is 2.54. The van der Waals surface area contributed by atoms with Crippen LogP contribution >= 0.6 is 0 Å². The van der Waals surface area contributed by atoms with Crippen molar-refractivity contribution in [3.8, 4) is 0 Å². The summed E-state index contributed by atoms with van der Waals surface area (Å²) in [4.78, 5) is 0. The maximum atomic E-state index is 5.57. The zero-order valence-electron chi connectivity index (χ0n) is 8.91. The van der Waals surface area contributed by atoms with E-state index >= 15 is 0 Å². The fourth-order valence-electron chi connectivity index (χ4n) is 1.52. The van der Waals surface area contributed by atoms with Crippen LogP contribution in [0.5, 0.6) is 0 Å². The highest BCUT2D eigenvalue weighted by Crippen LogP contribution is 2.28. The molecule has 14 heavy (non-hydrogen) atoms. The van der Waals surface area contributed by atoms with Crippen molar-refractivity contribution in [1.82, 2.24) is 0 Å². The largest absolute Gasteiger partial charge is 0.382 e. The lowest BCUT2D eigenvalue weighted by Crippen LogP contribution is -2.36. The van der Waals surface area contributed by atoms with E-state index in [2.05, 4.69) is 0 Å². The molecule has 1 aliphatic rings. The highest BCUT2D eigenvalue weighted by molar-refractivity contribution is 4.80. The van der Waals surface area contributed by atoms with Crippen molar-refractivity contribution in [1.29, 1.82) is 0 Å². The Morgan fingerprint density at radius 3 is 2.50 bits per heavy atom. The fraction of sp³-hybridized carbons (Fsp3) is 1.00. The van der Waals surface area contributed by atoms with Crippen LogP contribution in [0, 0.1) is 5.92 Å². The van der Waals surface area contributed by atoms with Crippen molar-refractivity contribution >= 4 is 0 Å². The highest BCUT2D eigenvalue weighted by Gasteiger charge is 2.28. The van der Waals surface area contributed by atoms with E-state index in [1.54, 1.807) is 7.11 Å². The van der Waals surface area contributed by atoms with E-state index in [0.29, 0.717) is 38.4 Å². The summed E-state index contributed by atoms with van der Waals surface area (Å²) >= 11 is 0. The second-order valence-corrected chi connectivity index (χ2v) is 3.67. The Kier molecular flexibility index (Phi) is 6.10. The van der Waals surface area contributed by atoms with Crippen molar-refractivity contribution in [3.05, 3.63) is 0 Å². The lowest BCUT2D eigenvalue weighted by Gasteiger charge is -2.34. The molecule has 0 unspecified atom stereocenters. The van der Waals surface area contributed by atoms with Crippen LogP contribution < -0.4 is 5.73 Å². The number of ether oxygens (including phenoxy) is 3. The maximum Gasteiger partial charge on any atom is 0.0704 e. The first-order valence-corrected chi connectivity index (χ1v) is 5.25. The maximum absolute atomic E-state index is 5.57. The van der Waals surface area contributed by atoms with E-state index in [1.807, 2.05) is 0 Å². The minimum atomic E-state index is 0.426. The molecule has 1 fully saturated rings. The van der Waals surface area contributed by atoms with Gasteiger partial charge in [0, 0.05) is 7.11 Å². The van der Waals surface area contributed by atoms with Crippen molar-refractivity contribution in [2.24, 2.45) is 11.7 Å². The van der Waals surface area contributed by atoms with Gasteiger partial charge >= 0.3 is 0 Å². The number of methoxy groups -OCH3 is 1. The molecule has 0 bridgehead atoms. The number of nitrogens with two attached hydrogens (primary N) is 1. The van der Waals surface area contributed by atoms with Gasteiger partial charge in [-0.15, -0.1) is 0 Å². The molecular formula is C10H21NO3. The monoisotopic (exact) mass is 203 g/mol. The van der Waals surface area contributed by atoms with Crippen LogP contribution in [0.3, 0.4) is 0 Å². The molecule has 2 N–H and O–H groups in total. The van der Waals surface area contributed by atoms with Gasteiger partial charge < -0.3 is 19.9 Å². The standard InChI is InChI=1S/C10H21NO3/c1-12-2-3-13-4-5-14-10-6-9(7-10)8-11/h9-10H,2-8,11H2,1H3. The van der Waals surface area contributed by atoms with Crippen LogP contribution in [0.4, 0.5) is 0 Å². The molecule has 0 atom stereocenters. The summed E-state index contributed by atoms with van der Waals surface area (Å²) in [6.07, 6.45) is 2.66. The van der Waals surface area contributed by atoms with E-state index in [-0.39, 0.29) is 0 Å². The average molecular weight is 203 g/mol. The summed E-state index contributed by atoms with van der Waals surface area (Å²) in [6.45, 7) is 3.44. The van der Waals surface area contributed by atoms with Gasteiger partial charge in [-0.1, -0.05) is 0 Å². The van der Waals surface area contributed by atoms with Gasteiger partial charge in [-0.2, -0.15) is 0 Å². The molecule has 1 aliphatic carbocycles. The number of rotatable bonds is 8. The Balaban J connectivity index is 1.77. The van der Waals surface area contributed by atoms with Gasteiger partial charge in [0.25, 0.3) is 0 Å². The SMILES string of the molecule is COCCOCCOC1CC(CN)C1. The van der Waals surface area contributed by atoms with Crippen LogP contribution in [-0.2, 0) is 14.2 Å². The van der Waals surface area contributed by atoms with E-state index in [9.17, 15) is 0 Å². The molecule has 0 heterocycles. The molecule has 0 aromatic rings. The topological polar surface area (TPSA) is 53.7 Å². The molecule has 4 heteroatoms. The molecule has 0 amide bonds. The third kappa shape index (κ3) is 4.37. The van der Waals surface area contributed by atoms with E-state index in [1.165, 1.54) is 0 Å². The number of hydrogen-bond acceptors (Lipinski definition) is 4. The minimum Gasteiger partial charge on any atom is -0.382 e. The zero-order chi connectivity index (χ0) is 10.2. The Hall–Kier alpha value is -0.160. The zero-order valence-corrected chi connectivity index (χ0v) is 8.91. The van der Waals surface area contributed by atoms with Gasteiger partial charge in [0.05, 0.1) is 32.5 Å². The van der Waals surface area contributed by atoms with Crippen LogP contribution in [-0.4, -0.2) is 46.2 Å². The van der Waals surface area contributed by atoms with Crippen molar-refractivity contribution < 1.29 is 14.2 Å². The summed E-state index contributed by atoms with van der Waals surface area (Å²) in [6, 6.07) is 0. The van der Waals surface area contributed by atoms with Gasteiger partial charge in [-0.25, -0.2) is 0 Å². The molecular weight excluding hydrogens is 182 g/mol. The quantitative estimate of drug-likeness (QED) is 0.580. The Labute approximate surface area is 85.7 Å². The molecule has 84 valence electrons. The smallest absolute Gasteiger partial charge is 0.0704 e. The third-order valence-electron chi connectivity index (χ3n) is 2.54. The van der Waals surface area contributed by atoms with Gasteiger partial charge in [-0.3, -0.25) is 0 Å². The van der Waals surface area contributed by atoms with Gasteiger partial charge in [0.1, 0.15) is 0 Å². The Morgan fingerprint density at radius 1 is 1.14 bits per heavy atom. The molecule has 1 saturated carbocycles. The molecule has 0 radical (unpaired) electrons. The predicted molar refractivity (Wildman–Crippen MR) is 54.2 cm³/mol. The second-order valence-electron chi connectivity index (χ2n) is 3.67. The van der Waals surface area contributed by atoms with Gasteiger partial charge in [0.15, 0.2) is 0 Å². The lowest BCUT2D eigenvalue weighted by molar-refractivity contribution is -0.0543. The molecule has 0 spiro atoms. The lowest BCUT2D eigenvalue weighted by atomic mass is 9.82. The van der Waals surface area contributed by atoms with Crippen molar-refractivity contribution in [2.45, 2.75) is 18.9 Å². The minimum absolute atomic E-state index is 0.426. The molecule has 4 nitrogen and oxygen atoms in total. The summed E-state index contributed by atoms with van der Waals surface area (Å²) in [5.74, 6) is 0.689. The predicted octanol–water partition coefficient (Wildman–Crippen LogP) is 0.403. The summed E-state index contributed by atoms with van der Waals surface area (Å²) in [7, 11) is 1.67. The van der Waals surface area contributed by atoms with Crippen molar-refractivity contribution in [3.63, 3.8) is 0 Å². The van der Waals surface area contributed by atoms with Crippen molar-refractivity contribution in [2.75, 3.05) is 40.1 Å². The summed E-state index contributed by atoms with van der Waals surface area (Å²) in [5.41, 5.74) is 5.51. The second kappa shape index (κ2) is 7.17. The Morgan fingerprint density at radius 2 is 1.86 bits per heavy atom. The summed E-state index contributed by atoms with van der Waals surface area (Å²) < 4.78 is 15.7. The highest BCUT2D eigenvalue weighted by atomic mass is 16.5. The summed E-state index contributed by atoms with van der Waals surface area (Å²) in [5, 5.41) is 0. The Bertz CT molecular complexity index is 137. The fourth-order valence-corrected chi connectivity index (χ4v) is 1.52. The molecule has 1 rings (SSSR count). The normalized spacial score (nSPS) is 26.1. The first-order chi connectivity index (χ1) is 6.86. The van der Waals surface area contributed by atoms with Gasteiger partial charge in [-0.05, 0) is 25.3 Å². The van der Waals surface area contributed by atoms with Crippen LogP contribution in [0.1, 0.15) is 12.8 Å².